The van der Waals surface area contributed by atoms with Crippen LogP contribution in [-0.4, -0.2) is 36.5 Å². The van der Waals surface area contributed by atoms with Crippen molar-refractivity contribution in [2.24, 2.45) is 0 Å². The summed E-state index contributed by atoms with van der Waals surface area (Å²) in [7, 11) is 1.58. The molecule has 0 aliphatic heterocycles. The number of nitrogens with one attached hydrogen (secondary N) is 1. The SMILES string of the molecule is COCC(O)CCNc1ccccn1. The predicted molar refractivity (Wildman–Crippen MR) is 55.2 cm³/mol. The zero-order chi connectivity index (χ0) is 10.2. The first-order valence-corrected chi connectivity index (χ1v) is 4.65. The van der Waals surface area contributed by atoms with E-state index < -0.39 is 6.10 Å². The summed E-state index contributed by atoms with van der Waals surface area (Å²) in [6, 6.07) is 5.68. The van der Waals surface area contributed by atoms with Crippen LogP contribution in [0.3, 0.4) is 0 Å². The molecule has 0 aromatic carbocycles. The van der Waals surface area contributed by atoms with Crippen LogP contribution in [0.1, 0.15) is 6.42 Å². The number of nitrogens with zero attached hydrogens (tertiary/aromatic N) is 1. The van der Waals surface area contributed by atoms with E-state index in [0.717, 1.165) is 5.82 Å². The van der Waals surface area contributed by atoms with Gasteiger partial charge in [0.2, 0.25) is 0 Å². The molecule has 0 saturated carbocycles. The number of aliphatic hydroxyl groups is 1. The van der Waals surface area contributed by atoms with Gasteiger partial charge in [-0.1, -0.05) is 6.07 Å². The van der Waals surface area contributed by atoms with Crippen molar-refractivity contribution in [1.82, 2.24) is 4.98 Å². The smallest absolute Gasteiger partial charge is 0.125 e. The molecule has 0 saturated heterocycles. The van der Waals surface area contributed by atoms with Crippen LogP contribution >= 0.6 is 0 Å². The van der Waals surface area contributed by atoms with Crippen molar-refractivity contribution in [2.75, 3.05) is 25.6 Å². The molecule has 1 atom stereocenters. The topological polar surface area (TPSA) is 54.4 Å². The standard InChI is InChI=1S/C10H16N2O2/c1-14-8-9(13)5-7-12-10-4-2-3-6-11-10/h2-4,6,9,13H,5,7-8H2,1H3,(H,11,12). The average Bonchev–Trinajstić information content (AvgIpc) is 2.20. The number of hydrogen-bond acceptors (Lipinski definition) is 4. The van der Waals surface area contributed by atoms with E-state index in [-0.39, 0.29) is 0 Å². The molecule has 0 amide bonds. The average molecular weight is 196 g/mol. The van der Waals surface area contributed by atoms with Gasteiger partial charge in [0.15, 0.2) is 0 Å². The van der Waals surface area contributed by atoms with Crippen LogP contribution in [0, 0.1) is 0 Å². The fourth-order valence-electron chi connectivity index (χ4n) is 1.11. The van der Waals surface area contributed by atoms with Gasteiger partial charge in [0.1, 0.15) is 5.82 Å². The van der Waals surface area contributed by atoms with Crippen molar-refractivity contribution < 1.29 is 9.84 Å². The van der Waals surface area contributed by atoms with Gasteiger partial charge in [0, 0.05) is 19.9 Å². The fraction of sp³-hybridized carbons (Fsp3) is 0.500. The molecule has 2 N–H and O–H groups in total. The Morgan fingerprint density at radius 2 is 2.43 bits per heavy atom. The van der Waals surface area contributed by atoms with Crippen LogP contribution in [0.15, 0.2) is 24.4 Å². The third-order valence-corrected chi connectivity index (χ3v) is 1.81. The van der Waals surface area contributed by atoms with Gasteiger partial charge in [-0.3, -0.25) is 0 Å². The van der Waals surface area contributed by atoms with E-state index in [2.05, 4.69) is 10.3 Å². The number of methoxy groups -OCH3 is 1. The first-order valence-electron chi connectivity index (χ1n) is 4.65. The maximum Gasteiger partial charge on any atom is 0.125 e. The lowest BCUT2D eigenvalue weighted by Crippen LogP contribution is -2.18. The number of rotatable bonds is 6. The maximum atomic E-state index is 9.34. The lowest BCUT2D eigenvalue weighted by molar-refractivity contribution is 0.0615. The predicted octanol–water partition coefficient (Wildman–Crippen LogP) is 0.891. The molecule has 0 radical (unpaired) electrons. The first kappa shape index (κ1) is 10.9. The number of anilines is 1. The highest BCUT2D eigenvalue weighted by atomic mass is 16.5. The van der Waals surface area contributed by atoms with Crippen LogP contribution in [0.25, 0.3) is 0 Å². The third kappa shape index (κ3) is 4.20. The molecule has 0 bridgehead atoms. The van der Waals surface area contributed by atoms with Gasteiger partial charge >= 0.3 is 0 Å². The fourth-order valence-corrected chi connectivity index (χ4v) is 1.11. The molecule has 4 heteroatoms. The quantitative estimate of drug-likeness (QED) is 0.709. The lowest BCUT2D eigenvalue weighted by atomic mass is 10.2. The van der Waals surface area contributed by atoms with Gasteiger partial charge in [0.25, 0.3) is 0 Å². The van der Waals surface area contributed by atoms with E-state index in [1.165, 1.54) is 0 Å². The van der Waals surface area contributed by atoms with E-state index >= 15 is 0 Å². The minimum atomic E-state index is -0.406. The molecular formula is C10H16N2O2. The summed E-state index contributed by atoms with van der Waals surface area (Å²) in [4.78, 5) is 4.10. The largest absolute Gasteiger partial charge is 0.391 e. The van der Waals surface area contributed by atoms with E-state index in [9.17, 15) is 5.11 Å². The minimum absolute atomic E-state index is 0.379. The zero-order valence-corrected chi connectivity index (χ0v) is 8.31. The summed E-state index contributed by atoms with van der Waals surface area (Å²) in [5, 5.41) is 12.4. The van der Waals surface area contributed by atoms with Crippen molar-refractivity contribution >= 4 is 5.82 Å². The second-order valence-electron chi connectivity index (χ2n) is 3.04. The lowest BCUT2D eigenvalue weighted by Gasteiger charge is -2.09. The second kappa shape index (κ2) is 6.34. The highest BCUT2D eigenvalue weighted by Crippen LogP contribution is 2.00. The summed E-state index contributed by atoms with van der Waals surface area (Å²) in [6.45, 7) is 1.07. The zero-order valence-electron chi connectivity index (χ0n) is 8.31. The Bertz CT molecular complexity index is 241. The van der Waals surface area contributed by atoms with Gasteiger partial charge in [-0.2, -0.15) is 0 Å². The van der Waals surface area contributed by atoms with E-state index in [1.54, 1.807) is 13.3 Å². The van der Waals surface area contributed by atoms with Crippen LogP contribution in [-0.2, 0) is 4.74 Å². The van der Waals surface area contributed by atoms with Crippen molar-refractivity contribution in [1.29, 1.82) is 0 Å². The highest BCUT2D eigenvalue weighted by Gasteiger charge is 2.02. The Balaban J connectivity index is 2.16. The molecule has 0 aliphatic carbocycles. The summed E-state index contributed by atoms with van der Waals surface area (Å²) in [5.41, 5.74) is 0. The summed E-state index contributed by atoms with van der Waals surface area (Å²) >= 11 is 0. The Hall–Kier alpha value is -1.13. The molecule has 0 fully saturated rings. The van der Waals surface area contributed by atoms with Crippen LogP contribution in [0.4, 0.5) is 5.82 Å². The maximum absolute atomic E-state index is 9.34. The normalized spacial score (nSPS) is 12.4. The molecule has 0 spiro atoms. The molecule has 4 nitrogen and oxygen atoms in total. The van der Waals surface area contributed by atoms with Crippen molar-refractivity contribution in [3.8, 4) is 0 Å². The van der Waals surface area contributed by atoms with Crippen molar-refractivity contribution in [3.05, 3.63) is 24.4 Å². The highest BCUT2D eigenvalue weighted by molar-refractivity contribution is 5.32. The number of pyridine rings is 1. The molecule has 14 heavy (non-hydrogen) atoms. The summed E-state index contributed by atoms with van der Waals surface area (Å²) in [5.74, 6) is 0.831. The Morgan fingerprint density at radius 3 is 3.07 bits per heavy atom. The second-order valence-corrected chi connectivity index (χ2v) is 3.04. The van der Waals surface area contributed by atoms with Gasteiger partial charge < -0.3 is 15.2 Å². The number of hydrogen-bond donors (Lipinski definition) is 2. The Kier molecular flexibility index (Phi) is 4.96. The summed E-state index contributed by atoms with van der Waals surface area (Å²) < 4.78 is 4.81. The monoisotopic (exact) mass is 196 g/mol. The van der Waals surface area contributed by atoms with Crippen LogP contribution in [0.5, 0.6) is 0 Å². The molecule has 1 aromatic rings. The molecule has 0 aliphatic rings. The molecule has 1 heterocycles. The molecule has 78 valence electrons. The number of aliphatic hydroxyl groups excluding tert-OH is 1. The molecule has 1 aromatic heterocycles. The molecule has 1 rings (SSSR count). The minimum Gasteiger partial charge on any atom is -0.391 e. The Labute approximate surface area is 83.9 Å². The number of aromatic nitrogens is 1. The summed E-state index contributed by atoms with van der Waals surface area (Å²) in [6.07, 6.45) is 1.98. The molecule has 1 unspecified atom stereocenters. The van der Waals surface area contributed by atoms with E-state index in [1.807, 2.05) is 18.2 Å². The van der Waals surface area contributed by atoms with Crippen LogP contribution in [0.2, 0.25) is 0 Å². The van der Waals surface area contributed by atoms with Gasteiger partial charge in [-0.05, 0) is 18.6 Å². The Morgan fingerprint density at radius 1 is 1.57 bits per heavy atom. The van der Waals surface area contributed by atoms with Crippen molar-refractivity contribution in [2.45, 2.75) is 12.5 Å². The van der Waals surface area contributed by atoms with Crippen molar-refractivity contribution in [3.63, 3.8) is 0 Å². The first-order chi connectivity index (χ1) is 6.83. The molecular weight excluding hydrogens is 180 g/mol. The third-order valence-electron chi connectivity index (χ3n) is 1.81. The van der Waals surface area contributed by atoms with Gasteiger partial charge in [0.05, 0.1) is 12.7 Å². The van der Waals surface area contributed by atoms with Gasteiger partial charge in [-0.15, -0.1) is 0 Å². The van der Waals surface area contributed by atoms with E-state index in [0.29, 0.717) is 19.6 Å². The van der Waals surface area contributed by atoms with Gasteiger partial charge in [-0.25, -0.2) is 4.98 Å². The van der Waals surface area contributed by atoms with Crippen LogP contribution < -0.4 is 5.32 Å². The van der Waals surface area contributed by atoms with E-state index in [4.69, 9.17) is 4.74 Å². The number of ether oxygens (including phenoxy) is 1.